The lowest BCUT2D eigenvalue weighted by molar-refractivity contribution is -0.147. The number of rotatable bonds is 21. The number of amides is 1. The molecule has 0 aromatic carbocycles. The van der Waals surface area contributed by atoms with Crippen molar-refractivity contribution >= 4 is 23.7 Å². The molecule has 184 valence electrons. The molecule has 1 N–H and O–H groups in total. The minimum atomic E-state index is -0.681. The van der Waals surface area contributed by atoms with E-state index in [-0.39, 0.29) is 24.4 Å². The fraction of sp³-hybridized carbons (Fsp3) is 0.920. The van der Waals surface area contributed by atoms with Crippen LogP contribution < -0.4 is 5.32 Å². The smallest absolute Gasteiger partial charge is 0.407 e. The highest BCUT2D eigenvalue weighted by molar-refractivity contribution is 6.18. The molecule has 0 saturated carbocycles. The fourth-order valence-electron chi connectivity index (χ4n) is 3.53. The number of alkyl halides is 1. The van der Waals surface area contributed by atoms with Gasteiger partial charge in [0.05, 0.1) is 12.5 Å². The Morgan fingerprint density at radius 2 is 1.23 bits per heavy atom. The molecule has 0 spiro atoms. The van der Waals surface area contributed by atoms with E-state index in [1.807, 2.05) is 13.8 Å². The molecule has 0 fully saturated rings. The van der Waals surface area contributed by atoms with Gasteiger partial charge in [-0.2, -0.15) is 0 Å². The summed E-state index contributed by atoms with van der Waals surface area (Å²) in [5.41, 5.74) is 0. The number of unbranched alkanes of at least 4 members (excludes halogenated alkanes) is 13. The zero-order valence-corrected chi connectivity index (χ0v) is 21.1. The van der Waals surface area contributed by atoms with Crippen LogP contribution in [-0.2, 0) is 14.3 Å². The monoisotopic (exact) mass is 461 g/mol. The van der Waals surface area contributed by atoms with E-state index in [2.05, 4.69) is 12.2 Å². The topological polar surface area (TPSA) is 64.6 Å². The molecule has 31 heavy (non-hydrogen) atoms. The van der Waals surface area contributed by atoms with Crippen LogP contribution in [0.3, 0.4) is 0 Å². The van der Waals surface area contributed by atoms with Crippen molar-refractivity contribution in [3.63, 3.8) is 0 Å². The van der Waals surface area contributed by atoms with E-state index in [0.717, 1.165) is 19.3 Å². The van der Waals surface area contributed by atoms with Crippen LogP contribution in [0.15, 0.2) is 0 Å². The van der Waals surface area contributed by atoms with Crippen molar-refractivity contribution in [2.75, 3.05) is 19.1 Å². The van der Waals surface area contributed by atoms with Gasteiger partial charge in [-0.15, -0.1) is 11.6 Å². The second-order valence-corrected chi connectivity index (χ2v) is 8.97. The summed E-state index contributed by atoms with van der Waals surface area (Å²) in [6.07, 6.45) is 18.2. The number of ether oxygens (including phenoxy) is 2. The Balaban J connectivity index is 3.70. The van der Waals surface area contributed by atoms with Crippen LogP contribution in [0.4, 0.5) is 4.79 Å². The maximum absolute atomic E-state index is 12.4. The highest BCUT2D eigenvalue weighted by atomic mass is 35.5. The number of carbonyl (C=O) groups excluding carboxylic acids is 2. The normalized spacial score (nSPS) is 12.9. The number of halogens is 1. The molecule has 0 aromatic heterocycles. The van der Waals surface area contributed by atoms with Gasteiger partial charge < -0.3 is 14.8 Å². The largest absolute Gasteiger partial charge is 0.464 e. The molecule has 6 heteroatoms. The molecule has 0 aliphatic heterocycles. The Hall–Kier alpha value is -0.970. The lowest BCUT2D eigenvalue weighted by Crippen LogP contribution is -2.46. The SMILES string of the molecule is CCCCCCCCCCCCCCCCOC(=O)C(NC(=O)OCCCl)C(C)CC. The number of alkyl carbamates (subject to hydrolysis) is 1. The van der Waals surface area contributed by atoms with Crippen LogP contribution in [0.5, 0.6) is 0 Å². The molecule has 0 heterocycles. The highest BCUT2D eigenvalue weighted by Gasteiger charge is 2.27. The molecule has 0 radical (unpaired) electrons. The summed E-state index contributed by atoms with van der Waals surface area (Å²) in [4.78, 5) is 24.1. The van der Waals surface area contributed by atoms with Crippen LogP contribution >= 0.6 is 11.6 Å². The van der Waals surface area contributed by atoms with Crippen molar-refractivity contribution < 1.29 is 19.1 Å². The van der Waals surface area contributed by atoms with Gasteiger partial charge in [-0.05, 0) is 12.3 Å². The molecule has 0 aromatic rings. The zero-order valence-electron chi connectivity index (χ0n) is 20.4. The van der Waals surface area contributed by atoms with E-state index in [4.69, 9.17) is 21.1 Å². The van der Waals surface area contributed by atoms with Crippen molar-refractivity contribution in [1.82, 2.24) is 5.32 Å². The van der Waals surface area contributed by atoms with E-state index in [9.17, 15) is 9.59 Å². The first-order chi connectivity index (χ1) is 15.1. The Bertz CT molecular complexity index is 434. The third-order valence-corrected chi connectivity index (χ3v) is 5.95. The standard InChI is InChI=1S/C25H48ClNO4/c1-4-6-7-8-9-10-11-12-13-14-15-16-17-18-20-30-24(28)23(22(3)5-2)27-25(29)31-21-19-26/h22-23H,4-21H2,1-3H3,(H,27,29). The number of hydrogen-bond donors (Lipinski definition) is 1. The average molecular weight is 462 g/mol. The van der Waals surface area contributed by atoms with Gasteiger partial charge in [-0.25, -0.2) is 9.59 Å². The first kappa shape index (κ1) is 30.0. The minimum Gasteiger partial charge on any atom is -0.464 e. The van der Waals surface area contributed by atoms with Crippen molar-refractivity contribution in [1.29, 1.82) is 0 Å². The molecule has 0 rings (SSSR count). The molecule has 0 saturated heterocycles. The lowest BCUT2D eigenvalue weighted by atomic mass is 9.99. The Labute approximate surface area is 196 Å². The van der Waals surface area contributed by atoms with Gasteiger partial charge in [-0.1, -0.05) is 111 Å². The van der Waals surface area contributed by atoms with E-state index >= 15 is 0 Å². The van der Waals surface area contributed by atoms with E-state index in [0.29, 0.717) is 6.61 Å². The van der Waals surface area contributed by atoms with Crippen molar-refractivity contribution in [2.45, 2.75) is 123 Å². The maximum Gasteiger partial charge on any atom is 0.407 e. The van der Waals surface area contributed by atoms with Gasteiger partial charge in [-0.3, -0.25) is 0 Å². The quantitative estimate of drug-likeness (QED) is 0.110. The number of esters is 1. The molecule has 0 bridgehead atoms. The summed E-state index contributed by atoms with van der Waals surface area (Å²) < 4.78 is 10.3. The number of nitrogens with one attached hydrogen (secondary N) is 1. The Kier molecular flexibility index (Phi) is 21.5. The molecule has 2 unspecified atom stereocenters. The summed E-state index contributed by atoms with van der Waals surface area (Å²) in [5.74, 6) is -0.176. The predicted molar refractivity (Wildman–Crippen MR) is 130 cm³/mol. The molecule has 0 aliphatic rings. The third-order valence-electron chi connectivity index (χ3n) is 5.79. The summed E-state index contributed by atoms with van der Waals surface area (Å²) in [6, 6.07) is -0.681. The van der Waals surface area contributed by atoms with Crippen molar-refractivity contribution in [3.8, 4) is 0 Å². The number of carbonyl (C=O) groups is 2. The second kappa shape index (κ2) is 22.2. The molecule has 2 atom stereocenters. The molecule has 1 amide bonds. The van der Waals surface area contributed by atoms with Gasteiger partial charge in [0.15, 0.2) is 0 Å². The van der Waals surface area contributed by atoms with E-state index < -0.39 is 12.1 Å². The van der Waals surface area contributed by atoms with Gasteiger partial charge >= 0.3 is 12.1 Å². The summed E-state index contributed by atoms with van der Waals surface area (Å²) >= 11 is 5.52. The molecule has 5 nitrogen and oxygen atoms in total. The minimum absolute atomic E-state index is 0.0209. The van der Waals surface area contributed by atoms with E-state index in [1.54, 1.807) is 0 Å². The first-order valence-corrected chi connectivity index (χ1v) is 13.3. The molecular weight excluding hydrogens is 414 g/mol. The number of hydrogen-bond acceptors (Lipinski definition) is 4. The van der Waals surface area contributed by atoms with Gasteiger partial charge in [0.25, 0.3) is 0 Å². The third kappa shape index (κ3) is 18.3. The van der Waals surface area contributed by atoms with E-state index in [1.165, 1.54) is 77.0 Å². The first-order valence-electron chi connectivity index (χ1n) is 12.7. The fourth-order valence-corrected chi connectivity index (χ4v) is 3.61. The summed E-state index contributed by atoms with van der Waals surface area (Å²) in [7, 11) is 0. The van der Waals surface area contributed by atoms with Crippen LogP contribution in [0.25, 0.3) is 0 Å². The highest BCUT2D eigenvalue weighted by Crippen LogP contribution is 2.14. The molecular formula is C25H48ClNO4. The van der Waals surface area contributed by atoms with Crippen molar-refractivity contribution in [2.24, 2.45) is 5.92 Å². The second-order valence-electron chi connectivity index (χ2n) is 8.60. The van der Waals surface area contributed by atoms with Gasteiger partial charge in [0, 0.05) is 0 Å². The summed E-state index contributed by atoms with van der Waals surface area (Å²) in [6.45, 7) is 6.68. The van der Waals surface area contributed by atoms with Crippen LogP contribution in [0, 0.1) is 5.92 Å². The Morgan fingerprint density at radius 3 is 1.68 bits per heavy atom. The molecule has 0 aliphatic carbocycles. The zero-order chi connectivity index (χ0) is 23.2. The van der Waals surface area contributed by atoms with Gasteiger partial charge in [0.1, 0.15) is 12.6 Å². The van der Waals surface area contributed by atoms with Crippen LogP contribution in [0.2, 0.25) is 0 Å². The van der Waals surface area contributed by atoms with Crippen LogP contribution in [-0.4, -0.2) is 37.2 Å². The van der Waals surface area contributed by atoms with Crippen LogP contribution in [0.1, 0.15) is 117 Å². The summed E-state index contributed by atoms with van der Waals surface area (Å²) in [5, 5.41) is 2.61. The Morgan fingerprint density at radius 1 is 0.742 bits per heavy atom. The maximum atomic E-state index is 12.4. The predicted octanol–water partition coefficient (Wildman–Crippen LogP) is 7.39. The lowest BCUT2D eigenvalue weighted by Gasteiger charge is -2.22. The average Bonchev–Trinajstić information content (AvgIpc) is 2.77. The van der Waals surface area contributed by atoms with Gasteiger partial charge in [0.2, 0.25) is 0 Å². The van der Waals surface area contributed by atoms with Crippen molar-refractivity contribution in [3.05, 3.63) is 0 Å².